The highest BCUT2D eigenvalue weighted by atomic mass is 16.5. The Morgan fingerprint density at radius 2 is 2.18 bits per heavy atom. The molecule has 2 rings (SSSR count). The molecule has 2 heteroatoms. The van der Waals surface area contributed by atoms with Gasteiger partial charge in [0.25, 0.3) is 0 Å². The van der Waals surface area contributed by atoms with Crippen LogP contribution in [0.1, 0.15) is 38.2 Å². The zero-order valence-corrected chi connectivity index (χ0v) is 11.1. The van der Waals surface area contributed by atoms with E-state index in [-0.39, 0.29) is 0 Å². The molecule has 0 amide bonds. The average molecular weight is 233 g/mol. The third kappa shape index (κ3) is 2.63. The summed E-state index contributed by atoms with van der Waals surface area (Å²) >= 11 is 0. The first-order valence-corrected chi connectivity index (χ1v) is 6.65. The minimum absolute atomic E-state index is 0.576. The second kappa shape index (κ2) is 5.54. The molecule has 1 aromatic rings. The summed E-state index contributed by atoms with van der Waals surface area (Å²) in [6, 6.07) is 9.03. The van der Waals surface area contributed by atoms with Gasteiger partial charge >= 0.3 is 0 Å². The van der Waals surface area contributed by atoms with Gasteiger partial charge in [0, 0.05) is 17.5 Å². The van der Waals surface area contributed by atoms with E-state index in [0.717, 1.165) is 18.3 Å². The molecule has 0 aliphatic carbocycles. The summed E-state index contributed by atoms with van der Waals surface area (Å²) in [6.45, 7) is 5.41. The monoisotopic (exact) mass is 233 g/mol. The first-order valence-electron chi connectivity index (χ1n) is 6.65. The number of hydrogen-bond acceptors (Lipinski definition) is 2. The van der Waals surface area contributed by atoms with Gasteiger partial charge in [-0.1, -0.05) is 31.5 Å². The molecular weight excluding hydrogens is 210 g/mol. The largest absolute Gasteiger partial charge is 0.493 e. The third-order valence-electron chi connectivity index (χ3n) is 4.07. The molecule has 0 bridgehead atoms. The second-order valence-electron chi connectivity index (χ2n) is 5.03. The van der Waals surface area contributed by atoms with Crippen LogP contribution in [0.5, 0.6) is 5.75 Å². The summed E-state index contributed by atoms with van der Waals surface area (Å²) in [5.74, 6) is 2.39. The number of fused-ring (bicyclic) bond motifs is 1. The van der Waals surface area contributed by atoms with Crippen LogP contribution in [0.25, 0.3) is 0 Å². The number of ether oxygens (including phenoxy) is 1. The first kappa shape index (κ1) is 12.4. The third-order valence-corrected chi connectivity index (χ3v) is 4.07. The molecular formula is C15H23NO. The van der Waals surface area contributed by atoms with Crippen LogP contribution in [0, 0.1) is 5.92 Å². The van der Waals surface area contributed by atoms with Crippen LogP contribution in [0.3, 0.4) is 0 Å². The van der Waals surface area contributed by atoms with Crippen molar-refractivity contribution in [1.82, 2.24) is 5.32 Å². The van der Waals surface area contributed by atoms with Crippen LogP contribution in [0.2, 0.25) is 0 Å². The molecule has 0 radical (unpaired) electrons. The van der Waals surface area contributed by atoms with Gasteiger partial charge in [-0.05, 0) is 32.4 Å². The highest BCUT2D eigenvalue weighted by Gasteiger charge is 2.27. The Hall–Kier alpha value is -1.02. The summed E-state index contributed by atoms with van der Waals surface area (Å²) < 4.78 is 5.75. The Bertz CT molecular complexity index is 364. The van der Waals surface area contributed by atoms with Crippen LogP contribution >= 0.6 is 0 Å². The highest BCUT2D eigenvalue weighted by Crippen LogP contribution is 2.38. The van der Waals surface area contributed by atoms with E-state index in [9.17, 15) is 0 Å². The lowest BCUT2D eigenvalue weighted by atomic mass is 9.85. The van der Waals surface area contributed by atoms with Gasteiger partial charge in [0.05, 0.1) is 6.61 Å². The Morgan fingerprint density at radius 1 is 1.41 bits per heavy atom. The van der Waals surface area contributed by atoms with Gasteiger partial charge in [-0.15, -0.1) is 0 Å². The maximum atomic E-state index is 5.75. The molecule has 1 aromatic carbocycles. The Kier molecular flexibility index (Phi) is 4.06. The van der Waals surface area contributed by atoms with Gasteiger partial charge in [-0.3, -0.25) is 0 Å². The van der Waals surface area contributed by atoms with E-state index in [4.69, 9.17) is 4.74 Å². The maximum absolute atomic E-state index is 5.75. The zero-order chi connectivity index (χ0) is 12.3. The minimum Gasteiger partial charge on any atom is -0.493 e. The molecule has 17 heavy (non-hydrogen) atoms. The zero-order valence-electron chi connectivity index (χ0n) is 11.1. The van der Waals surface area contributed by atoms with E-state index in [1.165, 1.54) is 18.4 Å². The van der Waals surface area contributed by atoms with E-state index in [1.807, 2.05) is 7.05 Å². The number of rotatable bonds is 5. The van der Waals surface area contributed by atoms with Crippen molar-refractivity contribution in [1.29, 1.82) is 0 Å². The summed E-state index contributed by atoms with van der Waals surface area (Å²) in [5.41, 5.74) is 1.40. The molecule has 1 aliphatic rings. The lowest BCUT2D eigenvalue weighted by molar-refractivity contribution is 0.281. The van der Waals surface area contributed by atoms with E-state index in [2.05, 4.69) is 43.4 Å². The number of hydrogen-bond donors (Lipinski definition) is 1. The number of para-hydroxylation sites is 1. The molecule has 0 saturated heterocycles. The van der Waals surface area contributed by atoms with E-state index < -0.39 is 0 Å². The molecule has 1 heterocycles. The molecule has 0 fully saturated rings. The fourth-order valence-corrected chi connectivity index (χ4v) is 2.75. The minimum atomic E-state index is 0.576. The fraction of sp³-hybridized carbons (Fsp3) is 0.600. The highest BCUT2D eigenvalue weighted by molar-refractivity contribution is 5.39. The normalized spacial score (nSPS) is 21.7. The van der Waals surface area contributed by atoms with E-state index >= 15 is 0 Å². The summed E-state index contributed by atoms with van der Waals surface area (Å²) in [5, 5.41) is 3.37. The molecule has 0 spiro atoms. The Labute approximate surface area is 104 Å². The maximum Gasteiger partial charge on any atom is 0.122 e. The molecule has 1 N–H and O–H groups in total. The van der Waals surface area contributed by atoms with Gasteiger partial charge in [0.2, 0.25) is 0 Å². The van der Waals surface area contributed by atoms with E-state index in [0.29, 0.717) is 12.0 Å². The summed E-state index contributed by atoms with van der Waals surface area (Å²) in [7, 11) is 2.05. The molecule has 3 unspecified atom stereocenters. The molecule has 0 saturated carbocycles. The SMILES string of the molecule is CCC(CC1COc2ccccc21)C(C)NC. The number of benzene rings is 1. The topological polar surface area (TPSA) is 21.3 Å². The molecule has 94 valence electrons. The predicted octanol–water partition coefficient (Wildman–Crippen LogP) is 3.19. The van der Waals surface area contributed by atoms with E-state index in [1.54, 1.807) is 0 Å². The quantitative estimate of drug-likeness (QED) is 0.843. The van der Waals surface area contributed by atoms with Crippen molar-refractivity contribution in [3.05, 3.63) is 29.8 Å². The van der Waals surface area contributed by atoms with Crippen molar-refractivity contribution in [3.8, 4) is 5.75 Å². The van der Waals surface area contributed by atoms with Crippen LogP contribution < -0.4 is 10.1 Å². The number of nitrogens with one attached hydrogen (secondary N) is 1. The van der Waals surface area contributed by atoms with Crippen molar-refractivity contribution in [2.75, 3.05) is 13.7 Å². The Morgan fingerprint density at radius 3 is 2.88 bits per heavy atom. The first-order chi connectivity index (χ1) is 8.26. The van der Waals surface area contributed by atoms with Crippen LogP contribution in [0.15, 0.2) is 24.3 Å². The van der Waals surface area contributed by atoms with Crippen LogP contribution in [-0.4, -0.2) is 19.7 Å². The molecule has 0 aromatic heterocycles. The standard InChI is InChI=1S/C15H23NO/c1-4-12(11(2)16-3)9-13-10-17-15-8-6-5-7-14(13)15/h5-8,11-13,16H,4,9-10H2,1-3H3. The predicted molar refractivity (Wildman–Crippen MR) is 71.6 cm³/mol. The average Bonchev–Trinajstić information content (AvgIpc) is 2.78. The van der Waals surface area contributed by atoms with Gasteiger partial charge in [0.1, 0.15) is 5.75 Å². The van der Waals surface area contributed by atoms with Crippen LogP contribution in [0.4, 0.5) is 0 Å². The van der Waals surface area contributed by atoms with Crippen molar-refractivity contribution in [3.63, 3.8) is 0 Å². The summed E-state index contributed by atoms with van der Waals surface area (Å²) in [4.78, 5) is 0. The van der Waals surface area contributed by atoms with Gasteiger partial charge in [-0.2, -0.15) is 0 Å². The van der Waals surface area contributed by atoms with Crippen molar-refractivity contribution in [2.45, 2.75) is 38.6 Å². The van der Waals surface area contributed by atoms with Gasteiger partial charge in [-0.25, -0.2) is 0 Å². The lowest BCUT2D eigenvalue weighted by Gasteiger charge is -2.24. The second-order valence-corrected chi connectivity index (χ2v) is 5.03. The molecule has 3 atom stereocenters. The summed E-state index contributed by atoms with van der Waals surface area (Å²) in [6.07, 6.45) is 2.44. The van der Waals surface area contributed by atoms with Crippen molar-refractivity contribution >= 4 is 0 Å². The smallest absolute Gasteiger partial charge is 0.122 e. The van der Waals surface area contributed by atoms with Gasteiger partial charge in [0.15, 0.2) is 0 Å². The van der Waals surface area contributed by atoms with Crippen molar-refractivity contribution in [2.24, 2.45) is 5.92 Å². The fourth-order valence-electron chi connectivity index (χ4n) is 2.75. The molecule has 1 aliphatic heterocycles. The van der Waals surface area contributed by atoms with Crippen LogP contribution in [-0.2, 0) is 0 Å². The van der Waals surface area contributed by atoms with Crippen molar-refractivity contribution < 1.29 is 4.74 Å². The molecule has 2 nitrogen and oxygen atoms in total. The Balaban J connectivity index is 2.05. The lowest BCUT2D eigenvalue weighted by Crippen LogP contribution is -2.31. The van der Waals surface area contributed by atoms with Gasteiger partial charge < -0.3 is 10.1 Å².